The van der Waals surface area contributed by atoms with Crippen LogP contribution in [0.3, 0.4) is 0 Å². The highest BCUT2D eigenvalue weighted by atomic mass is 16.1. The molecule has 0 saturated carbocycles. The molecule has 0 aliphatic heterocycles. The van der Waals surface area contributed by atoms with Gasteiger partial charge in [0, 0.05) is 17.5 Å². The lowest BCUT2D eigenvalue weighted by Gasteiger charge is -2.08. The number of nitrogens with zero attached hydrogens (tertiary/aromatic N) is 4. The van der Waals surface area contributed by atoms with E-state index in [-0.39, 0.29) is 18.2 Å². The van der Waals surface area contributed by atoms with Crippen LogP contribution in [-0.2, 0) is 11.3 Å². The zero-order valence-corrected chi connectivity index (χ0v) is 11.7. The van der Waals surface area contributed by atoms with Crippen LogP contribution in [0.5, 0.6) is 0 Å². The molecule has 0 atom stereocenters. The molecule has 3 aromatic rings. The number of benzene rings is 2. The highest BCUT2D eigenvalue weighted by molar-refractivity contribution is 6.02. The number of fused-ring (bicyclic) bond motifs is 1. The van der Waals surface area contributed by atoms with Gasteiger partial charge in [-0.15, -0.1) is 5.10 Å². The molecule has 108 valence electrons. The Kier molecular flexibility index (Phi) is 3.79. The Hall–Kier alpha value is -3.20. The maximum absolute atomic E-state index is 12.1. The average molecular weight is 291 g/mol. The second-order valence-corrected chi connectivity index (χ2v) is 4.77. The largest absolute Gasteiger partial charge is 0.325 e. The summed E-state index contributed by atoms with van der Waals surface area (Å²) in [5.74, 6) is -0.000165. The van der Waals surface area contributed by atoms with Crippen molar-refractivity contribution < 1.29 is 4.79 Å². The number of carbonyl (C=O) groups excluding carboxylic acids is 1. The molecule has 3 rings (SSSR count). The van der Waals surface area contributed by atoms with E-state index in [1.54, 1.807) is 0 Å². The van der Waals surface area contributed by atoms with Crippen molar-refractivity contribution in [1.82, 2.24) is 14.8 Å². The average Bonchev–Trinajstić information content (AvgIpc) is 3.01. The summed E-state index contributed by atoms with van der Waals surface area (Å²) < 4.78 is 1.49. The Balaban J connectivity index is 1.67. The van der Waals surface area contributed by atoms with Gasteiger partial charge in [-0.25, -0.2) is 4.98 Å². The van der Waals surface area contributed by atoms with Crippen molar-refractivity contribution in [2.75, 3.05) is 5.32 Å². The second-order valence-electron chi connectivity index (χ2n) is 4.77. The van der Waals surface area contributed by atoms with Crippen LogP contribution in [0, 0.1) is 11.3 Å². The van der Waals surface area contributed by atoms with Gasteiger partial charge in [0.2, 0.25) is 5.91 Å². The van der Waals surface area contributed by atoms with E-state index >= 15 is 0 Å². The Bertz CT molecular complexity index is 857. The fourth-order valence-electron chi connectivity index (χ4n) is 2.22. The molecule has 22 heavy (non-hydrogen) atoms. The van der Waals surface area contributed by atoms with Gasteiger partial charge in [0.05, 0.1) is 6.54 Å². The lowest BCUT2D eigenvalue weighted by atomic mass is 10.1. The van der Waals surface area contributed by atoms with Gasteiger partial charge in [-0.3, -0.25) is 9.48 Å². The van der Waals surface area contributed by atoms with Crippen molar-refractivity contribution in [3.05, 3.63) is 54.6 Å². The van der Waals surface area contributed by atoms with E-state index in [1.807, 2.05) is 48.5 Å². The molecule has 0 radical (unpaired) electrons. The van der Waals surface area contributed by atoms with Crippen LogP contribution in [0.1, 0.15) is 12.2 Å². The molecular weight excluding hydrogens is 278 g/mol. The maximum Gasteiger partial charge on any atom is 0.252 e. The first-order valence-electron chi connectivity index (χ1n) is 6.83. The van der Waals surface area contributed by atoms with E-state index in [9.17, 15) is 4.79 Å². The van der Waals surface area contributed by atoms with Gasteiger partial charge in [0.1, 0.15) is 12.4 Å². The second kappa shape index (κ2) is 6.06. The van der Waals surface area contributed by atoms with Crippen LogP contribution in [0.2, 0.25) is 0 Å². The van der Waals surface area contributed by atoms with Crippen LogP contribution in [0.25, 0.3) is 10.8 Å². The molecule has 1 heterocycles. The van der Waals surface area contributed by atoms with Crippen LogP contribution < -0.4 is 5.32 Å². The maximum atomic E-state index is 12.1. The highest BCUT2D eigenvalue weighted by Crippen LogP contribution is 2.22. The molecule has 0 bridgehead atoms. The number of carbonyl (C=O) groups is 1. The third kappa shape index (κ3) is 2.94. The Morgan fingerprint density at radius 2 is 2.05 bits per heavy atom. The van der Waals surface area contributed by atoms with Crippen molar-refractivity contribution in [2.24, 2.45) is 0 Å². The zero-order valence-electron chi connectivity index (χ0n) is 11.7. The lowest BCUT2D eigenvalue weighted by Crippen LogP contribution is -2.15. The molecule has 0 aliphatic carbocycles. The minimum Gasteiger partial charge on any atom is -0.325 e. The molecule has 0 spiro atoms. The molecule has 6 nitrogen and oxygen atoms in total. The van der Waals surface area contributed by atoms with Crippen molar-refractivity contribution in [1.29, 1.82) is 5.26 Å². The van der Waals surface area contributed by atoms with Gasteiger partial charge in [-0.2, -0.15) is 5.26 Å². The van der Waals surface area contributed by atoms with Gasteiger partial charge in [0.25, 0.3) is 5.82 Å². The number of amides is 1. The molecule has 0 fully saturated rings. The van der Waals surface area contributed by atoms with Crippen LogP contribution >= 0.6 is 0 Å². The fraction of sp³-hybridized carbons (Fsp3) is 0.125. The van der Waals surface area contributed by atoms with Gasteiger partial charge >= 0.3 is 0 Å². The number of hydrogen-bond acceptors (Lipinski definition) is 4. The minimum atomic E-state index is -0.106. The van der Waals surface area contributed by atoms with Crippen molar-refractivity contribution in [2.45, 2.75) is 13.0 Å². The van der Waals surface area contributed by atoms with Crippen molar-refractivity contribution >= 4 is 22.4 Å². The number of nitriles is 1. The van der Waals surface area contributed by atoms with Gasteiger partial charge in [0.15, 0.2) is 0 Å². The summed E-state index contributed by atoms with van der Waals surface area (Å²) in [6, 6.07) is 15.5. The summed E-state index contributed by atoms with van der Waals surface area (Å²) in [6.07, 6.45) is 1.71. The highest BCUT2D eigenvalue weighted by Gasteiger charge is 2.07. The number of aromatic nitrogens is 3. The Morgan fingerprint density at radius 3 is 2.86 bits per heavy atom. The molecule has 1 N–H and O–H groups in total. The molecule has 0 aliphatic rings. The van der Waals surface area contributed by atoms with Crippen molar-refractivity contribution in [3.63, 3.8) is 0 Å². The van der Waals surface area contributed by atoms with Crippen molar-refractivity contribution in [3.8, 4) is 6.07 Å². The van der Waals surface area contributed by atoms with Gasteiger partial charge < -0.3 is 5.32 Å². The molecule has 1 amide bonds. The molecule has 2 aromatic carbocycles. The summed E-state index contributed by atoms with van der Waals surface area (Å²) in [7, 11) is 0. The summed E-state index contributed by atoms with van der Waals surface area (Å²) in [4.78, 5) is 15.9. The van der Waals surface area contributed by atoms with Gasteiger partial charge in [-0.1, -0.05) is 36.4 Å². The Labute approximate surface area is 127 Å². The number of rotatable bonds is 4. The fourth-order valence-corrected chi connectivity index (χ4v) is 2.22. The molecule has 0 saturated heterocycles. The lowest BCUT2D eigenvalue weighted by molar-refractivity contribution is -0.116. The quantitative estimate of drug-likeness (QED) is 0.799. The monoisotopic (exact) mass is 291 g/mol. The number of nitrogens with one attached hydrogen (secondary N) is 1. The normalized spacial score (nSPS) is 10.3. The van der Waals surface area contributed by atoms with Crippen LogP contribution in [-0.4, -0.2) is 20.7 Å². The standard InChI is InChI=1S/C16H13N5O/c17-10-15-18-11-21(20-15)9-8-16(22)19-14-7-3-5-12-4-1-2-6-13(12)14/h1-7,11H,8-9H2,(H,19,22). The summed E-state index contributed by atoms with van der Waals surface area (Å²) in [5.41, 5.74) is 0.791. The number of aryl methyl sites for hydroxylation is 1. The minimum absolute atomic E-state index is 0.106. The van der Waals surface area contributed by atoms with E-state index in [0.29, 0.717) is 6.54 Å². The molecule has 6 heteroatoms. The van der Waals surface area contributed by atoms with Crippen LogP contribution in [0.15, 0.2) is 48.8 Å². The third-order valence-electron chi connectivity index (χ3n) is 3.27. The number of anilines is 1. The molecule has 1 aromatic heterocycles. The summed E-state index contributed by atoms with van der Waals surface area (Å²) in [5, 5.41) is 17.6. The van der Waals surface area contributed by atoms with E-state index in [2.05, 4.69) is 15.4 Å². The molecule has 0 unspecified atom stereocenters. The first-order chi connectivity index (χ1) is 10.8. The topological polar surface area (TPSA) is 83.6 Å². The predicted molar refractivity (Wildman–Crippen MR) is 81.9 cm³/mol. The zero-order chi connectivity index (χ0) is 15.4. The van der Waals surface area contributed by atoms with E-state index in [0.717, 1.165) is 16.5 Å². The van der Waals surface area contributed by atoms with Crippen LogP contribution in [0.4, 0.5) is 5.69 Å². The summed E-state index contributed by atoms with van der Waals surface area (Å²) in [6.45, 7) is 0.380. The summed E-state index contributed by atoms with van der Waals surface area (Å²) >= 11 is 0. The third-order valence-corrected chi connectivity index (χ3v) is 3.27. The van der Waals surface area contributed by atoms with E-state index < -0.39 is 0 Å². The predicted octanol–water partition coefficient (Wildman–Crippen LogP) is 2.33. The first kappa shape index (κ1) is 13.8. The Morgan fingerprint density at radius 1 is 1.23 bits per heavy atom. The first-order valence-corrected chi connectivity index (χ1v) is 6.83. The SMILES string of the molecule is N#Cc1ncn(CCC(=O)Nc2cccc3ccccc23)n1. The number of hydrogen-bond donors (Lipinski definition) is 1. The van der Waals surface area contributed by atoms with Gasteiger partial charge in [-0.05, 0) is 11.5 Å². The van der Waals surface area contributed by atoms with E-state index in [4.69, 9.17) is 5.26 Å². The molecular formula is C16H13N5O. The smallest absolute Gasteiger partial charge is 0.252 e. The van der Waals surface area contributed by atoms with E-state index in [1.165, 1.54) is 11.0 Å².